The second-order valence-electron chi connectivity index (χ2n) is 5.35. The van der Waals surface area contributed by atoms with Gasteiger partial charge in [0.25, 0.3) is 0 Å². The Bertz CT molecular complexity index is 497. The summed E-state index contributed by atoms with van der Waals surface area (Å²) in [7, 11) is 0. The molecule has 0 spiro atoms. The summed E-state index contributed by atoms with van der Waals surface area (Å²) >= 11 is 0. The van der Waals surface area contributed by atoms with Gasteiger partial charge in [0.2, 0.25) is 0 Å². The lowest BCUT2D eigenvalue weighted by Gasteiger charge is -2.09. The fourth-order valence-electron chi connectivity index (χ4n) is 2.28. The Morgan fingerprint density at radius 1 is 1.14 bits per heavy atom. The molecule has 5 heteroatoms. The molecule has 1 rings (SSSR count). The van der Waals surface area contributed by atoms with Gasteiger partial charge in [-0.15, -0.1) is 0 Å². The van der Waals surface area contributed by atoms with Crippen LogP contribution in [0.3, 0.4) is 0 Å². The van der Waals surface area contributed by atoms with E-state index in [0.717, 1.165) is 19.1 Å². The molecule has 0 bridgehead atoms. The molecule has 5 nitrogen and oxygen atoms in total. The van der Waals surface area contributed by atoms with Crippen molar-refractivity contribution in [2.24, 2.45) is 5.11 Å². The summed E-state index contributed by atoms with van der Waals surface area (Å²) in [6.07, 6.45) is 10.6. The molecule has 0 aliphatic carbocycles. The zero-order valence-electron chi connectivity index (χ0n) is 13.3. The van der Waals surface area contributed by atoms with Crippen molar-refractivity contribution in [2.75, 3.05) is 6.61 Å². The Balaban J connectivity index is 2.27. The lowest BCUT2D eigenvalue weighted by molar-refractivity contribution is 0.111. The van der Waals surface area contributed by atoms with Gasteiger partial charge in [-0.1, -0.05) is 63.1 Å². The lowest BCUT2D eigenvalue weighted by Crippen LogP contribution is -2.00. The van der Waals surface area contributed by atoms with E-state index < -0.39 is 0 Å². The number of unbranched alkanes of at least 4 members (excludes halogenated alkanes) is 7. The molecular formula is C17H25N3O2. The van der Waals surface area contributed by atoms with E-state index in [9.17, 15) is 4.79 Å². The second kappa shape index (κ2) is 11.6. The van der Waals surface area contributed by atoms with Crippen molar-refractivity contribution in [1.82, 2.24) is 0 Å². The van der Waals surface area contributed by atoms with Gasteiger partial charge >= 0.3 is 0 Å². The fraction of sp³-hybridized carbons (Fsp3) is 0.588. The molecule has 0 aliphatic rings. The zero-order chi connectivity index (χ0) is 16.0. The van der Waals surface area contributed by atoms with Crippen LogP contribution in [0.15, 0.2) is 23.3 Å². The Hall–Kier alpha value is -2.00. The van der Waals surface area contributed by atoms with Gasteiger partial charge in [0.05, 0.1) is 12.2 Å². The fourth-order valence-corrected chi connectivity index (χ4v) is 2.28. The number of ether oxygens (including phenoxy) is 1. The summed E-state index contributed by atoms with van der Waals surface area (Å²) in [6, 6.07) is 4.82. The standard InChI is InChI=1S/C17H25N3O2/c1-2-3-4-5-6-7-8-9-12-22-17-13-16(19-20-18)11-10-15(17)14-21/h10-11,13-14H,2-9,12H2,1H3. The molecule has 0 amide bonds. The third-order valence-corrected chi connectivity index (χ3v) is 3.54. The molecule has 0 atom stereocenters. The monoisotopic (exact) mass is 303 g/mol. The van der Waals surface area contributed by atoms with Crippen molar-refractivity contribution < 1.29 is 9.53 Å². The van der Waals surface area contributed by atoms with Crippen LogP contribution in [0.4, 0.5) is 5.69 Å². The molecule has 0 saturated heterocycles. The predicted molar refractivity (Wildman–Crippen MR) is 88.7 cm³/mol. The van der Waals surface area contributed by atoms with Gasteiger partial charge in [-0.3, -0.25) is 4.79 Å². The first kappa shape index (κ1) is 18.1. The van der Waals surface area contributed by atoms with Gasteiger partial charge in [0, 0.05) is 10.6 Å². The Morgan fingerprint density at radius 3 is 2.45 bits per heavy atom. The number of nitrogens with zero attached hydrogens (tertiary/aromatic N) is 3. The first-order valence-corrected chi connectivity index (χ1v) is 8.09. The van der Waals surface area contributed by atoms with Gasteiger partial charge < -0.3 is 4.74 Å². The van der Waals surface area contributed by atoms with E-state index in [2.05, 4.69) is 16.9 Å². The minimum Gasteiger partial charge on any atom is -0.493 e. The van der Waals surface area contributed by atoms with Crippen molar-refractivity contribution in [3.8, 4) is 5.75 Å². The van der Waals surface area contributed by atoms with Crippen molar-refractivity contribution >= 4 is 12.0 Å². The van der Waals surface area contributed by atoms with Crippen molar-refractivity contribution in [3.05, 3.63) is 34.2 Å². The molecule has 0 aliphatic heterocycles. The van der Waals surface area contributed by atoms with Crippen LogP contribution >= 0.6 is 0 Å². The number of rotatable bonds is 12. The molecule has 0 radical (unpaired) electrons. The van der Waals surface area contributed by atoms with Gasteiger partial charge in [-0.25, -0.2) is 0 Å². The van der Waals surface area contributed by atoms with Crippen LogP contribution in [-0.4, -0.2) is 12.9 Å². The van der Waals surface area contributed by atoms with Gasteiger partial charge in [0.15, 0.2) is 6.29 Å². The van der Waals surface area contributed by atoms with Crippen molar-refractivity contribution in [1.29, 1.82) is 0 Å². The minimum absolute atomic E-state index is 0.457. The van der Waals surface area contributed by atoms with Crippen LogP contribution < -0.4 is 4.74 Å². The molecule has 1 aromatic rings. The molecule has 0 heterocycles. The van der Waals surface area contributed by atoms with Crippen molar-refractivity contribution in [2.45, 2.75) is 58.3 Å². The molecule has 0 aromatic heterocycles. The molecule has 0 fully saturated rings. The summed E-state index contributed by atoms with van der Waals surface area (Å²) in [5, 5.41) is 3.52. The van der Waals surface area contributed by atoms with Gasteiger partial charge in [-0.2, -0.15) is 0 Å². The highest BCUT2D eigenvalue weighted by molar-refractivity contribution is 5.80. The average Bonchev–Trinajstić information content (AvgIpc) is 2.54. The van der Waals surface area contributed by atoms with E-state index in [4.69, 9.17) is 10.3 Å². The third kappa shape index (κ3) is 7.14. The summed E-state index contributed by atoms with van der Waals surface area (Å²) in [4.78, 5) is 13.7. The third-order valence-electron chi connectivity index (χ3n) is 3.54. The van der Waals surface area contributed by atoms with E-state index in [1.54, 1.807) is 18.2 Å². The van der Waals surface area contributed by atoms with Gasteiger partial charge in [0.1, 0.15) is 5.75 Å². The highest BCUT2D eigenvalue weighted by Gasteiger charge is 2.04. The van der Waals surface area contributed by atoms with Crippen LogP contribution in [0.5, 0.6) is 5.75 Å². The topological polar surface area (TPSA) is 75.1 Å². The highest BCUT2D eigenvalue weighted by atomic mass is 16.5. The maximum atomic E-state index is 11.0. The Kier molecular flexibility index (Phi) is 9.55. The Morgan fingerprint density at radius 2 is 1.82 bits per heavy atom. The first-order chi connectivity index (χ1) is 10.8. The maximum Gasteiger partial charge on any atom is 0.153 e. The molecule has 22 heavy (non-hydrogen) atoms. The number of benzene rings is 1. The normalized spacial score (nSPS) is 10.0. The number of hydrogen-bond acceptors (Lipinski definition) is 3. The molecule has 0 unspecified atom stereocenters. The van der Waals surface area contributed by atoms with Gasteiger partial charge in [-0.05, 0) is 24.1 Å². The van der Waals surface area contributed by atoms with E-state index in [-0.39, 0.29) is 0 Å². The summed E-state index contributed by atoms with van der Waals surface area (Å²) < 4.78 is 5.65. The van der Waals surface area contributed by atoms with Crippen LogP contribution in [0, 0.1) is 0 Å². The number of azide groups is 1. The van der Waals surface area contributed by atoms with E-state index in [1.165, 1.54) is 38.5 Å². The number of carbonyl (C=O) groups is 1. The van der Waals surface area contributed by atoms with Crippen LogP contribution in [0.25, 0.3) is 10.4 Å². The van der Waals surface area contributed by atoms with Crippen LogP contribution in [0.2, 0.25) is 0 Å². The number of hydrogen-bond donors (Lipinski definition) is 0. The minimum atomic E-state index is 0.457. The van der Waals surface area contributed by atoms with Crippen LogP contribution in [0.1, 0.15) is 68.6 Å². The lowest BCUT2D eigenvalue weighted by atomic mass is 10.1. The van der Waals surface area contributed by atoms with E-state index >= 15 is 0 Å². The predicted octanol–water partition coefficient (Wildman–Crippen LogP) is 5.96. The highest BCUT2D eigenvalue weighted by Crippen LogP contribution is 2.24. The molecule has 0 saturated carbocycles. The van der Waals surface area contributed by atoms with E-state index in [0.29, 0.717) is 23.6 Å². The second-order valence-corrected chi connectivity index (χ2v) is 5.35. The van der Waals surface area contributed by atoms with Crippen LogP contribution in [-0.2, 0) is 0 Å². The SMILES string of the molecule is CCCCCCCCCCOc1cc(N=[N+]=[N-])ccc1C=O. The molecular weight excluding hydrogens is 278 g/mol. The molecule has 0 N–H and O–H groups in total. The van der Waals surface area contributed by atoms with E-state index in [1.807, 2.05) is 0 Å². The summed E-state index contributed by atoms with van der Waals surface area (Å²) in [6.45, 7) is 2.80. The molecule has 120 valence electrons. The zero-order valence-corrected chi connectivity index (χ0v) is 13.3. The largest absolute Gasteiger partial charge is 0.493 e. The summed E-state index contributed by atoms with van der Waals surface area (Å²) in [5.41, 5.74) is 9.38. The maximum absolute atomic E-state index is 11.0. The molecule has 1 aromatic carbocycles. The quantitative estimate of drug-likeness (QED) is 0.157. The average molecular weight is 303 g/mol. The smallest absolute Gasteiger partial charge is 0.153 e. The number of aldehydes is 1. The first-order valence-electron chi connectivity index (χ1n) is 8.09. The Labute approximate surface area is 132 Å². The van der Waals surface area contributed by atoms with Crippen molar-refractivity contribution in [3.63, 3.8) is 0 Å². The summed E-state index contributed by atoms with van der Waals surface area (Å²) in [5.74, 6) is 0.489. The number of carbonyl (C=O) groups excluding carboxylic acids is 1.